The number of sulfonamides is 1. The molecule has 26 heavy (non-hydrogen) atoms. The summed E-state index contributed by atoms with van der Waals surface area (Å²) >= 11 is 0. The Morgan fingerprint density at radius 3 is 2.23 bits per heavy atom. The lowest BCUT2D eigenvalue weighted by atomic mass is 10.1. The van der Waals surface area contributed by atoms with Crippen molar-refractivity contribution in [3.63, 3.8) is 0 Å². The predicted molar refractivity (Wildman–Crippen MR) is 118 cm³/mol. The number of aryl methyl sites for hydroxylation is 2. The zero-order chi connectivity index (χ0) is 18.6. The van der Waals surface area contributed by atoms with E-state index in [1.807, 2.05) is 25.1 Å². The minimum Gasteiger partial charge on any atom is -0.370 e. The molecule has 0 spiro atoms. The number of rotatable bonds is 5. The van der Waals surface area contributed by atoms with Crippen LogP contribution in [0.5, 0.6) is 0 Å². The van der Waals surface area contributed by atoms with Crippen LogP contribution in [0.15, 0.2) is 52.4 Å². The number of hydrogen-bond acceptors (Lipinski definition) is 3. The first-order chi connectivity index (χ1) is 11.7. The van der Waals surface area contributed by atoms with Gasteiger partial charge in [-0.15, -0.1) is 24.0 Å². The number of guanidine groups is 1. The second kappa shape index (κ2) is 9.33. The molecular weight excluding hydrogens is 463 g/mol. The van der Waals surface area contributed by atoms with Gasteiger partial charge in [-0.25, -0.2) is 17.7 Å². The lowest BCUT2D eigenvalue weighted by molar-refractivity contribution is 0.520. The van der Waals surface area contributed by atoms with Crippen molar-refractivity contribution in [1.82, 2.24) is 4.31 Å². The summed E-state index contributed by atoms with van der Waals surface area (Å²) in [5.74, 6) is 0.313. The number of halogens is 1. The van der Waals surface area contributed by atoms with Gasteiger partial charge in [-0.1, -0.05) is 18.2 Å². The highest BCUT2D eigenvalue weighted by Crippen LogP contribution is 2.15. The smallest absolute Gasteiger partial charge is 0.242 e. The van der Waals surface area contributed by atoms with Crippen LogP contribution >= 0.6 is 24.0 Å². The molecule has 6 nitrogen and oxygen atoms in total. The summed E-state index contributed by atoms with van der Waals surface area (Å²) in [4.78, 5) is 4.55. The summed E-state index contributed by atoms with van der Waals surface area (Å²) in [5.41, 5.74) is 10.1. The van der Waals surface area contributed by atoms with Crippen molar-refractivity contribution in [2.45, 2.75) is 25.3 Å². The molecule has 3 N–H and O–H groups in total. The van der Waals surface area contributed by atoms with Crippen LogP contribution < -0.4 is 11.1 Å². The highest BCUT2D eigenvalue weighted by atomic mass is 127. The van der Waals surface area contributed by atoms with E-state index in [4.69, 9.17) is 5.73 Å². The fourth-order valence-corrected chi connectivity index (χ4v) is 3.06. The van der Waals surface area contributed by atoms with Crippen molar-refractivity contribution in [3.8, 4) is 0 Å². The van der Waals surface area contributed by atoms with Gasteiger partial charge in [-0.05, 0) is 54.8 Å². The Balaban J connectivity index is 0.00000338. The van der Waals surface area contributed by atoms with E-state index in [1.165, 1.54) is 29.5 Å². The molecule has 0 unspecified atom stereocenters. The van der Waals surface area contributed by atoms with E-state index in [-0.39, 0.29) is 28.9 Å². The number of nitrogens with one attached hydrogen (secondary N) is 1. The highest BCUT2D eigenvalue weighted by Gasteiger charge is 2.16. The van der Waals surface area contributed by atoms with Crippen LogP contribution in [0.25, 0.3) is 0 Å². The van der Waals surface area contributed by atoms with Crippen LogP contribution in [0.1, 0.15) is 16.7 Å². The predicted octanol–water partition coefficient (Wildman–Crippen LogP) is 3.10. The van der Waals surface area contributed by atoms with E-state index in [0.29, 0.717) is 12.5 Å². The number of hydrogen-bond donors (Lipinski definition) is 2. The van der Waals surface area contributed by atoms with Crippen LogP contribution in [0.2, 0.25) is 0 Å². The van der Waals surface area contributed by atoms with Gasteiger partial charge >= 0.3 is 0 Å². The number of aliphatic imine (C=N–C) groups is 1. The Hall–Kier alpha value is -1.65. The van der Waals surface area contributed by atoms with Gasteiger partial charge < -0.3 is 11.1 Å². The van der Waals surface area contributed by atoms with E-state index in [2.05, 4.69) is 17.2 Å². The van der Waals surface area contributed by atoms with Crippen molar-refractivity contribution in [3.05, 3.63) is 59.2 Å². The fraction of sp³-hybridized carbons (Fsp3) is 0.278. The van der Waals surface area contributed by atoms with Crippen molar-refractivity contribution < 1.29 is 8.42 Å². The van der Waals surface area contributed by atoms with Crippen LogP contribution in [0, 0.1) is 13.8 Å². The second-order valence-corrected chi connectivity index (χ2v) is 8.21. The first-order valence-corrected chi connectivity index (χ1v) is 9.30. The molecule has 0 saturated heterocycles. The van der Waals surface area contributed by atoms with Crippen molar-refractivity contribution in [2.75, 3.05) is 19.4 Å². The second-order valence-electron chi connectivity index (χ2n) is 6.06. The van der Waals surface area contributed by atoms with Gasteiger partial charge in [-0.2, -0.15) is 0 Å². The summed E-state index contributed by atoms with van der Waals surface area (Å²) in [6.45, 7) is 4.46. The molecule has 8 heteroatoms. The molecule has 0 aliphatic carbocycles. The van der Waals surface area contributed by atoms with Crippen LogP contribution in [0.4, 0.5) is 5.69 Å². The summed E-state index contributed by atoms with van der Waals surface area (Å²) in [5, 5.41) is 3.06. The standard InChI is InChI=1S/C18H24N4O2S.HI/c1-13-5-8-16(11-14(13)2)21-18(19)20-12-15-6-9-17(10-7-15)25(23,24)22(3)4;/h5-11H,12H2,1-4H3,(H3,19,20,21);1H. The molecular formula is C18H25IN4O2S. The quantitative estimate of drug-likeness (QED) is 0.385. The fourth-order valence-electron chi connectivity index (χ4n) is 2.16. The van der Waals surface area contributed by atoms with Gasteiger partial charge in [0.05, 0.1) is 11.4 Å². The molecule has 142 valence electrons. The van der Waals surface area contributed by atoms with Gasteiger partial charge in [0.15, 0.2) is 5.96 Å². The monoisotopic (exact) mass is 488 g/mol. The number of anilines is 1. The Morgan fingerprint density at radius 2 is 1.69 bits per heavy atom. The van der Waals surface area contributed by atoms with E-state index in [9.17, 15) is 8.42 Å². The maximum atomic E-state index is 12.0. The lowest BCUT2D eigenvalue weighted by Gasteiger charge is -2.11. The lowest BCUT2D eigenvalue weighted by Crippen LogP contribution is -2.23. The molecule has 0 saturated carbocycles. The van der Waals surface area contributed by atoms with Gasteiger partial charge in [0.2, 0.25) is 10.0 Å². The topological polar surface area (TPSA) is 87.8 Å². The molecule has 0 aliphatic heterocycles. The number of benzene rings is 2. The van der Waals surface area contributed by atoms with Crippen molar-refractivity contribution in [1.29, 1.82) is 0 Å². The largest absolute Gasteiger partial charge is 0.370 e. The van der Waals surface area contributed by atoms with E-state index < -0.39 is 10.0 Å². The SMILES string of the molecule is Cc1ccc(NC(N)=NCc2ccc(S(=O)(=O)N(C)C)cc2)cc1C.I. The third kappa shape index (κ3) is 5.68. The molecule has 0 atom stereocenters. The number of nitrogens with two attached hydrogens (primary N) is 1. The third-order valence-electron chi connectivity index (χ3n) is 3.91. The molecule has 0 radical (unpaired) electrons. The molecule has 2 aromatic carbocycles. The van der Waals surface area contributed by atoms with Crippen molar-refractivity contribution >= 4 is 45.6 Å². The third-order valence-corrected chi connectivity index (χ3v) is 5.74. The maximum absolute atomic E-state index is 12.0. The first-order valence-electron chi connectivity index (χ1n) is 7.86. The Bertz CT molecular complexity index is 879. The van der Waals surface area contributed by atoms with E-state index in [0.717, 1.165) is 11.3 Å². The van der Waals surface area contributed by atoms with Gasteiger partial charge in [0.25, 0.3) is 0 Å². The van der Waals surface area contributed by atoms with Gasteiger partial charge in [-0.3, -0.25) is 0 Å². The van der Waals surface area contributed by atoms with Crippen LogP contribution in [-0.4, -0.2) is 32.8 Å². The van der Waals surface area contributed by atoms with Crippen LogP contribution in [-0.2, 0) is 16.6 Å². The Morgan fingerprint density at radius 1 is 1.08 bits per heavy atom. The van der Waals surface area contributed by atoms with E-state index in [1.54, 1.807) is 24.3 Å². The molecule has 0 heterocycles. The molecule has 0 fully saturated rings. The van der Waals surface area contributed by atoms with E-state index >= 15 is 0 Å². The molecule has 2 aromatic rings. The summed E-state index contributed by atoms with van der Waals surface area (Å²) in [6, 6.07) is 12.6. The molecule has 0 aromatic heterocycles. The maximum Gasteiger partial charge on any atom is 0.242 e. The molecule has 0 aliphatic rings. The highest BCUT2D eigenvalue weighted by molar-refractivity contribution is 14.0. The zero-order valence-corrected chi connectivity index (χ0v) is 18.5. The normalized spacial score (nSPS) is 12.0. The molecule has 0 amide bonds. The van der Waals surface area contributed by atoms with Crippen LogP contribution in [0.3, 0.4) is 0 Å². The first kappa shape index (κ1) is 22.4. The minimum absolute atomic E-state index is 0. The zero-order valence-electron chi connectivity index (χ0n) is 15.4. The van der Waals surface area contributed by atoms with Crippen molar-refractivity contribution in [2.24, 2.45) is 10.7 Å². The summed E-state index contributed by atoms with van der Waals surface area (Å²) < 4.78 is 25.3. The molecule has 0 bridgehead atoms. The average molecular weight is 488 g/mol. The van der Waals surface area contributed by atoms with Gasteiger partial charge in [0, 0.05) is 19.8 Å². The summed E-state index contributed by atoms with van der Waals surface area (Å²) in [7, 11) is -0.400. The average Bonchev–Trinajstić information content (AvgIpc) is 2.56. The Kier molecular flexibility index (Phi) is 8.04. The minimum atomic E-state index is -3.41. The van der Waals surface area contributed by atoms with Gasteiger partial charge in [0.1, 0.15) is 0 Å². The summed E-state index contributed by atoms with van der Waals surface area (Å²) in [6.07, 6.45) is 0. The molecule has 2 rings (SSSR count). The number of nitrogens with zero attached hydrogens (tertiary/aromatic N) is 2. The Labute approximate surface area is 172 Å².